The Kier molecular flexibility index (Phi) is 2.48. The molecule has 0 saturated carbocycles. The molecule has 1 aromatic carbocycles. The second-order valence-corrected chi connectivity index (χ2v) is 5.87. The Hall–Kier alpha value is -2.24. The van der Waals surface area contributed by atoms with E-state index in [1.807, 2.05) is 24.3 Å². The predicted molar refractivity (Wildman–Crippen MR) is 66.4 cm³/mol. The van der Waals surface area contributed by atoms with Gasteiger partial charge in [0.05, 0.1) is 12.0 Å². The molecule has 0 aromatic heterocycles. The first-order chi connectivity index (χ1) is 9.35. The van der Waals surface area contributed by atoms with E-state index < -0.39 is 29.7 Å². The molecule has 3 unspecified atom stereocenters. The van der Waals surface area contributed by atoms with Crippen LogP contribution < -0.4 is 15.5 Å². The second kappa shape index (κ2) is 3.88. The molecule has 3 rings (SSSR count). The third kappa shape index (κ3) is 1.44. The van der Waals surface area contributed by atoms with Crippen LogP contribution in [0.1, 0.15) is 25.3 Å². The lowest BCUT2D eigenvalue weighted by atomic mass is 9.73. The number of carbonyl (C=O) groups excluding carboxylic acids is 2. The average Bonchev–Trinajstić information content (AvgIpc) is 2.82. The number of likely N-dealkylation sites (tertiary alicyclic amines) is 1. The number of carboxylic acid groups (broad SMARTS) is 2. The van der Waals surface area contributed by atoms with Crippen molar-refractivity contribution in [1.82, 2.24) is 4.90 Å². The molecule has 1 fully saturated rings. The van der Waals surface area contributed by atoms with Crippen molar-refractivity contribution in [3.05, 3.63) is 29.8 Å². The summed E-state index contributed by atoms with van der Waals surface area (Å²) >= 11 is 0. The number of anilines is 1. The van der Waals surface area contributed by atoms with Gasteiger partial charge < -0.3 is 30.0 Å². The summed E-state index contributed by atoms with van der Waals surface area (Å²) < 4.78 is 0. The molecule has 106 valence electrons. The van der Waals surface area contributed by atoms with Crippen LogP contribution in [0.3, 0.4) is 0 Å². The molecule has 20 heavy (non-hydrogen) atoms. The van der Waals surface area contributed by atoms with E-state index in [4.69, 9.17) is 0 Å². The minimum atomic E-state index is -1.50. The summed E-state index contributed by atoms with van der Waals surface area (Å²) in [6.07, 6.45) is -2.13. The number of carboxylic acids is 1. The van der Waals surface area contributed by atoms with E-state index in [-0.39, 0.29) is 5.92 Å². The summed E-state index contributed by atoms with van der Waals surface area (Å²) in [6, 6.07) is 6.21. The Morgan fingerprint density at radius 2 is 1.90 bits per heavy atom. The molecule has 3 atom stereocenters. The zero-order valence-electron chi connectivity index (χ0n) is 11.1. The molecule has 0 spiro atoms. The Morgan fingerprint density at radius 1 is 1.25 bits per heavy atom. The summed E-state index contributed by atoms with van der Waals surface area (Å²) in [4.78, 5) is 23.6. The maximum Gasteiger partial charge on any atom is 0.139 e. The molecule has 0 radical (unpaired) electrons. The highest BCUT2D eigenvalue weighted by molar-refractivity contribution is 5.82. The van der Waals surface area contributed by atoms with Crippen molar-refractivity contribution in [1.29, 1.82) is 0 Å². The van der Waals surface area contributed by atoms with Gasteiger partial charge in [-0.3, -0.25) is 0 Å². The average molecular weight is 274 g/mol. The minimum absolute atomic E-state index is 0.250. The Bertz CT molecular complexity index is 599. The first-order valence-corrected chi connectivity index (χ1v) is 6.41. The molecule has 6 nitrogen and oxygen atoms in total. The zero-order chi connectivity index (χ0) is 14.7. The molecular formula is C14H14N2O4-2. The van der Waals surface area contributed by atoms with E-state index in [1.54, 1.807) is 13.8 Å². The monoisotopic (exact) mass is 274 g/mol. The largest absolute Gasteiger partial charge is 0.548 e. The molecule has 2 heterocycles. The molecule has 1 amide bonds. The van der Waals surface area contributed by atoms with Gasteiger partial charge in [-0.2, -0.15) is 0 Å². The van der Waals surface area contributed by atoms with Gasteiger partial charge in [-0.15, -0.1) is 0 Å². The van der Waals surface area contributed by atoms with E-state index in [0.717, 1.165) is 16.2 Å². The number of aliphatic carboxylic acids is 1. The Morgan fingerprint density at radius 3 is 2.50 bits per heavy atom. The van der Waals surface area contributed by atoms with E-state index in [9.17, 15) is 19.8 Å². The Labute approximate surface area is 116 Å². The number of amides is 1. The molecular weight excluding hydrogens is 260 g/mol. The summed E-state index contributed by atoms with van der Waals surface area (Å²) in [5.74, 6) is -1.65. The number of nitrogens with zero attached hydrogens (tertiary/aromatic N) is 1. The third-order valence-corrected chi connectivity index (χ3v) is 4.43. The molecule has 0 aliphatic carbocycles. The minimum Gasteiger partial charge on any atom is -0.548 e. The molecule has 2 aliphatic heterocycles. The molecule has 1 N–H and O–H groups in total. The third-order valence-electron chi connectivity index (χ3n) is 4.43. The lowest BCUT2D eigenvalue weighted by Gasteiger charge is -2.37. The normalized spacial score (nSPS) is 29.5. The standard InChI is InChI=1S/C14H16N2O4/c1-14(2)9-7-5-3-4-6-8(7)15-11(9)16(13(19)20)10(14)12(17)18/h3-6,9-11,15H,1-2H3,(H,17,18)(H,19,20)/p-2. The first kappa shape index (κ1) is 12.8. The van der Waals surface area contributed by atoms with Gasteiger partial charge in [-0.05, 0) is 11.6 Å². The van der Waals surface area contributed by atoms with Gasteiger partial charge in [-0.1, -0.05) is 32.0 Å². The lowest BCUT2D eigenvalue weighted by Crippen LogP contribution is -2.58. The summed E-state index contributed by atoms with van der Waals surface area (Å²) in [6.45, 7) is 3.50. The van der Waals surface area contributed by atoms with Gasteiger partial charge >= 0.3 is 0 Å². The van der Waals surface area contributed by atoms with Crippen LogP contribution in [0, 0.1) is 5.41 Å². The van der Waals surface area contributed by atoms with E-state index in [2.05, 4.69) is 5.32 Å². The van der Waals surface area contributed by atoms with Gasteiger partial charge in [0.1, 0.15) is 12.3 Å². The lowest BCUT2D eigenvalue weighted by molar-refractivity contribution is -0.318. The summed E-state index contributed by atoms with van der Waals surface area (Å²) in [7, 11) is 0. The van der Waals surface area contributed by atoms with Crippen LogP contribution >= 0.6 is 0 Å². The maximum atomic E-state index is 11.4. The number of fused-ring (bicyclic) bond motifs is 3. The van der Waals surface area contributed by atoms with Gasteiger partial charge in [0.2, 0.25) is 0 Å². The quantitative estimate of drug-likeness (QED) is 0.732. The number of hydrogen-bond donors (Lipinski definition) is 1. The predicted octanol–water partition coefficient (Wildman–Crippen LogP) is -0.675. The fourth-order valence-corrected chi connectivity index (χ4v) is 3.68. The fourth-order valence-electron chi connectivity index (χ4n) is 3.68. The number of benzene rings is 1. The van der Waals surface area contributed by atoms with Gasteiger partial charge in [0, 0.05) is 17.0 Å². The van der Waals surface area contributed by atoms with E-state index in [1.165, 1.54) is 0 Å². The van der Waals surface area contributed by atoms with Crippen molar-refractivity contribution in [3.63, 3.8) is 0 Å². The van der Waals surface area contributed by atoms with Crippen LogP contribution in [-0.2, 0) is 4.79 Å². The van der Waals surface area contributed by atoms with E-state index in [0.29, 0.717) is 0 Å². The molecule has 1 saturated heterocycles. The maximum absolute atomic E-state index is 11.4. The van der Waals surface area contributed by atoms with Gasteiger partial charge in [0.25, 0.3) is 0 Å². The molecule has 2 aliphatic rings. The van der Waals surface area contributed by atoms with Crippen molar-refractivity contribution in [3.8, 4) is 0 Å². The number of nitrogens with one attached hydrogen (secondary N) is 1. The number of carbonyl (C=O) groups is 2. The van der Waals surface area contributed by atoms with E-state index >= 15 is 0 Å². The second-order valence-electron chi connectivity index (χ2n) is 5.87. The topological polar surface area (TPSA) is 95.5 Å². The fraction of sp³-hybridized carbons (Fsp3) is 0.429. The first-order valence-electron chi connectivity index (χ1n) is 6.41. The van der Waals surface area contributed by atoms with Crippen molar-refractivity contribution in [2.45, 2.75) is 32.0 Å². The molecule has 1 aromatic rings. The van der Waals surface area contributed by atoms with Crippen LogP contribution in [0.4, 0.5) is 10.5 Å². The molecule has 0 bridgehead atoms. The van der Waals surface area contributed by atoms with Crippen LogP contribution in [0.5, 0.6) is 0 Å². The van der Waals surface area contributed by atoms with Crippen LogP contribution in [0.2, 0.25) is 0 Å². The van der Waals surface area contributed by atoms with Crippen LogP contribution in [0.15, 0.2) is 24.3 Å². The van der Waals surface area contributed by atoms with Gasteiger partial charge in [0.15, 0.2) is 0 Å². The van der Waals surface area contributed by atoms with Crippen molar-refractivity contribution in [2.75, 3.05) is 5.32 Å². The smallest absolute Gasteiger partial charge is 0.139 e. The van der Waals surface area contributed by atoms with Gasteiger partial charge in [-0.25, -0.2) is 0 Å². The summed E-state index contributed by atoms with van der Waals surface area (Å²) in [5, 5.41) is 25.9. The SMILES string of the molecule is CC1(C)C2c3ccccc3NC2N(C(=O)[O-])C1C(=O)[O-]. The van der Waals surface area contributed by atoms with Crippen molar-refractivity contribution >= 4 is 17.7 Å². The Balaban J connectivity index is 2.15. The highest BCUT2D eigenvalue weighted by Gasteiger charge is 2.58. The van der Waals surface area contributed by atoms with Crippen LogP contribution in [-0.4, -0.2) is 29.2 Å². The number of hydrogen-bond acceptors (Lipinski definition) is 5. The zero-order valence-corrected chi connectivity index (χ0v) is 11.1. The van der Waals surface area contributed by atoms with Crippen molar-refractivity contribution in [2.24, 2.45) is 5.41 Å². The highest BCUT2D eigenvalue weighted by Crippen LogP contribution is 2.55. The highest BCUT2D eigenvalue weighted by atomic mass is 16.4. The summed E-state index contributed by atoms with van der Waals surface area (Å²) in [5.41, 5.74) is 0.972. The van der Waals surface area contributed by atoms with Crippen LogP contribution in [0.25, 0.3) is 0 Å². The van der Waals surface area contributed by atoms with Crippen molar-refractivity contribution < 1.29 is 19.8 Å². The molecule has 6 heteroatoms. The number of para-hydroxylation sites is 1. The number of rotatable bonds is 1.